The summed E-state index contributed by atoms with van der Waals surface area (Å²) in [7, 11) is 2.15. The lowest BCUT2D eigenvalue weighted by molar-refractivity contribution is 0.305. The molecular formula is C26H26N2O2. The highest BCUT2D eigenvalue weighted by Crippen LogP contribution is 2.31. The number of hydrogen-bond acceptors (Lipinski definition) is 2. The molecule has 152 valence electrons. The van der Waals surface area contributed by atoms with Crippen LogP contribution in [0.2, 0.25) is 0 Å². The molecule has 0 bridgehead atoms. The van der Waals surface area contributed by atoms with E-state index >= 15 is 0 Å². The summed E-state index contributed by atoms with van der Waals surface area (Å²) in [6, 6.07) is 19.8. The molecule has 0 saturated carbocycles. The average molecular weight is 399 g/mol. The molecule has 0 radical (unpaired) electrons. The third-order valence-electron chi connectivity index (χ3n) is 6.18. The van der Waals surface area contributed by atoms with Gasteiger partial charge < -0.3 is 9.30 Å². The van der Waals surface area contributed by atoms with Crippen molar-refractivity contribution in [3.8, 4) is 11.4 Å². The van der Waals surface area contributed by atoms with E-state index in [0.29, 0.717) is 12.4 Å². The Morgan fingerprint density at radius 2 is 1.77 bits per heavy atom. The summed E-state index contributed by atoms with van der Waals surface area (Å²) in [6.45, 7) is 0.450. The molecule has 4 heteroatoms. The minimum absolute atomic E-state index is 0.0873. The summed E-state index contributed by atoms with van der Waals surface area (Å²) in [5.74, 6) is 0.590. The lowest BCUT2D eigenvalue weighted by Gasteiger charge is -2.10. The molecule has 1 aliphatic rings. The second kappa shape index (κ2) is 7.86. The molecule has 4 aromatic rings. The van der Waals surface area contributed by atoms with Gasteiger partial charge in [-0.05, 0) is 55.0 Å². The van der Waals surface area contributed by atoms with E-state index in [9.17, 15) is 4.79 Å². The smallest absolute Gasteiger partial charge is 0.258 e. The summed E-state index contributed by atoms with van der Waals surface area (Å²) in [4.78, 5) is 12.8. The van der Waals surface area contributed by atoms with Crippen molar-refractivity contribution in [3.05, 3.63) is 94.0 Å². The fourth-order valence-electron chi connectivity index (χ4n) is 4.58. The summed E-state index contributed by atoms with van der Waals surface area (Å²) in [6.07, 6.45) is 7.93. The molecule has 4 nitrogen and oxygen atoms in total. The zero-order valence-corrected chi connectivity index (χ0v) is 17.3. The number of ether oxygens (including phenoxy) is 1. The second-order valence-electron chi connectivity index (χ2n) is 8.09. The van der Waals surface area contributed by atoms with Crippen LogP contribution in [-0.4, -0.2) is 9.13 Å². The number of rotatable bonds is 4. The molecule has 5 rings (SSSR count). The first-order valence-corrected chi connectivity index (χ1v) is 10.7. The first-order valence-electron chi connectivity index (χ1n) is 10.7. The summed E-state index contributed by atoms with van der Waals surface area (Å²) >= 11 is 0. The van der Waals surface area contributed by atoms with Crippen LogP contribution in [0.5, 0.6) is 5.75 Å². The highest BCUT2D eigenvalue weighted by Gasteiger charge is 2.17. The first-order chi connectivity index (χ1) is 14.7. The topological polar surface area (TPSA) is 36.2 Å². The van der Waals surface area contributed by atoms with Crippen LogP contribution < -0.4 is 10.3 Å². The van der Waals surface area contributed by atoms with Crippen LogP contribution in [0.15, 0.2) is 71.7 Å². The van der Waals surface area contributed by atoms with Gasteiger partial charge in [0.1, 0.15) is 12.4 Å². The lowest BCUT2D eigenvalue weighted by Crippen LogP contribution is -2.16. The van der Waals surface area contributed by atoms with Crippen molar-refractivity contribution in [2.45, 2.75) is 38.7 Å². The normalized spacial score (nSPS) is 13.8. The minimum atomic E-state index is -0.0873. The van der Waals surface area contributed by atoms with Gasteiger partial charge in [-0.3, -0.25) is 9.36 Å². The fourth-order valence-corrected chi connectivity index (χ4v) is 4.58. The molecule has 1 aliphatic carbocycles. The standard InChI is InChI=1S/C26H26N2O2/c1-27-24-11-7-3-6-10-22(24)23-13-12-20(16-25(23)27)28-15-14-21(17-26(28)29)30-18-19-8-4-2-5-9-19/h2,4-5,8-9,12-17H,3,6-7,10-11,18H2,1H3. The number of pyridine rings is 1. The predicted molar refractivity (Wildman–Crippen MR) is 121 cm³/mol. The Kier molecular flexibility index (Phi) is 4.91. The van der Waals surface area contributed by atoms with Crippen LogP contribution in [-0.2, 0) is 26.5 Å². The van der Waals surface area contributed by atoms with E-state index in [1.54, 1.807) is 16.8 Å². The van der Waals surface area contributed by atoms with E-state index in [1.165, 1.54) is 41.4 Å². The number of aromatic nitrogens is 2. The molecule has 0 unspecified atom stereocenters. The molecule has 0 spiro atoms. The van der Waals surface area contributed by atoms with Gasteiger partial charge in [0.05, 0.1) is 11.2 Å². The van der Waals surface area contributed by atoms with E-state index in [0.717, 1.165) is 24.1 Å². The van der Waals surface area contributed by atoms with Gasteiger partial charge in [-0.1, -0.05) is 42.8 Å². The Labute approximate surface area is 176 Å². The maximum Gasteiger partial charge on any atom is 0.258 e. The van der Waals surface area contributed by atoms with E-state index in [-0.39, 0.29) is 5.56 Å². The molecule has 0 N–H and O–H groups in total. The van der Waals surface area contributed by atoms with Crippen molar-refractivity contribution >= 4 is 10.9 Å². The Hall–Kier alpha value is -3.27. The van der Waals surface area contributed by atoms with Gasteiger partial charge >= 0.3 is 0 Å². The third-order valence-corrected chi connectivity index (χ3v) is 6.18. The summed E-state index contributed by atoms with van der Waals surface area (Å²) in [5, 5.41) is 1.33. The maximum atomic E-state index is 12.8. The maximum absolute atomic E-state index is 12.8. The van der Waals surface area contributed by atoms with E-state index < -0.39 is 0 Å². The van der Waals surface area contributed by atoms with Crippen molar-refractivity contribution in [1.29, 1.82) is 0 Å². The predicted octanol–water partition coefficient (Wildman–Crippen LogP) is 5.18. The molecule has 0 aliphatic heterocycles. The Bertz CT molecular complexity index is 1250. The molecule has 2 aromatic heterocycles. The number of benzene rings is 2. The summed E-state index contributed by atoms with van der Waals surface area (Å²) in [5.41, 5.74) is 6.03. The minimum Gasteiger partial charge on any atom is -0.489 e. The van der Waals surface area contributed by atoms with Crippen molar-refractivity contribution < 1.29 is 4.74 Å². The lowest BCUT2D eigenvalue weighted by atomic mass is 10.1. The van der Waals surface area contributed by atoms with Gasteiger partial charge in [-0.15, -0.1) is 0 Å². The largest absolute Gasteiger partial charge is 0.489 e. The highest BCUT2D eigenvalue weighted by atomic mass is 16.5. The molecule has 0 fully saturated rings. The van der Waals surface area contributed by atoms with Gasteiger partial charge in [-0.2, -0.15) is 0 Å². The highest BCUT2D eigenvalue weighted by molar-refractivity contribution is 5.87. The van der Waals surface area contributed by atoms with Gasteiger partial charge in [0.25, 0.3) is 5.56 Å². The van der Waals surface area contributed by atoms with E-state index in [2.05, 4.69) is 29.8 Å². The Morgan fingerprint density at radius 3 is 2.60 bits per heavy atom. The fraction of sp³-hybridized carbons (Fsp3) is 0.269. The molecular weight excluding hydrogens is 372 g/mol. The molecule has 2 heterocycles. The molecule has 0 atom stereocenters. The van der Waals surface area contributed by atoms with Gasteiger partial charge in [0.15, 0.2) is 0 Å². The zero-order chi connectivity index (χ0) is 20.5. The van der Waals surface area contributed by atoms with Crippen LogP contribution in [0.3, 0.4) is 0 Å². The molecule has 0 saturated heterocycles. The van der Waals surface area contributed by atoms with Gasteiger partial charge in [-0.25, -0.2) is 0 Å². The number of fused-ring (bicyclic) bond motifs is 3. The van der Waals surface area contributed by atoms with Gasteiger partial charge in [0, 0.05) is 30.4 Å². The number of hydrogen-bond donors (Lipinski definition) is 0. The molecule has 2 aromatic carbocycles. The van der Waals surface area contributed by atoms with Crippen LogP contribution in [0.25, 0.3) is 16.6 Å². The monoisotopic (exact) mass is 398 g/mol. The Morgan fingerprint density at radius 1 is 0.933 bits per heavy atom. The van der Waals surface area contributed by atoms with Crippen molar-refractivity contribution in [1.82, 2.24) is 9.13 Å². The van der Waals surface area contributed by atoms with Crippen molar-refractivity contribution in [3.63, 3.8) is 0 Å². The molecule has 0 amide bonds. The number of aryl methyl sites for hydroxylation is 2. The van der Waals surface area contributed by atoms with Gasteiger partial charge in [0.2, 0.25) is 0 Å². The van der Waals surface area contributed by atoms with Crippen LogP contribution >= 0.6 is 0 Å². The molecule has 30 heavy (non-hydrogen) atoms. The second-order valence-corrected chi connectivity index (χ2v) is 8.09. The SMILES string of the molecule is Cn1c2c(c3ccc(-n4ccc(OCc5ccccc5)cc4=O)cc31)CCCCC2. The van der Waals surface area contributed by atoms with E-state index in [1.807, 2.05) is 36.4 Å². The van der Waals surface area contributed by atoms with Crippen molar-refractivity contribution in [2.75, 3.05) is 0 Å². The van der Waals surface area contributed by atoms with Crippen molar-refractivity contribution in [2.24, 2.45) is 7.05 Å². The first kappa shape index (κ1) is 18.7. The average Bonchev–Trinajstić information content (AvgIpc) is 2.92. The van der Waals surface area contributed by atoms with Crippen LogP contribution in [0.4, 0.5) is 0 Å². The Balaban J connectivity index is 1.45. The van der Waals surface area contributed by atoms with E-state index in [4.69, 9.17) is 4.74 Å². The number of nitrogens with zero attached hydrogens (tertiary/aromatic N) is 2. The quantitative estimate of drug-likeness (QED) is 0.444. The zero-order valence-electron chi connectivity index (χ0n) is 17.3. The summed E-state index contributed by atoms with van der Waals surface area (Å²) < 4.78 is 9.81. The van der Waals surface area contributed by atoms with Crippen LogP contribution in [0.1, 0.15) is 36.1 Å². The van der Waals surface area contributed by atoms with Crippen LogP contribution in [0, 0.1) is 0 Å². The third kappa shape index (κ3) is 3.43.